The maximum atomic E-state index is 9.92. The summed E-state index contributed by atoms with van der Waals surface area (Å²) in [5.41, 5.74) is 2.50. The molecule has 1 atom stereocenters. The molecule has 110 valence electrons. The Kier molecular flexibility index (Phi) is 4.30. The Morgan fingerprint density at radius 1 is 1.15 bits per heavy atom. The van der Waals surface area contributed by atoms with Crippen LogP contribution in [0.5, 0.6) is 5.75 Å². The normalized spacial score (nSPS) is 29.4. The first-order valence-electron chi connectivity index (χ1n) is 8.34. The van der Waals surface area contributed by atoms with E-state index in [1.54, 1.807) is 0 Å². The number of hydrogen-bond acceptors (Lipinski definition) is 2. The summed E-state index contributed by atoms with van der Waals surface area (Å²) < 4.78 is 0. The maximum absolute atomic E-state index is 9.92. The van der Waals surface area contributed by atoms with Gasteiger partial charge in [-0.2, -0.15) is 0 Å². The summed E-state index contributed by atoms with van der Waals surface area (Å²) in [6, 6.07) is 7.12. The molecule has 1 aromatic carbocycles. The second-order valence-corrected chi connectivity index (χ2v) is 6.61. The lowest BCUT2D eigenvalue weighted by atomic mass is 9.83. The number of fused-ring (bicyclic) bond motifs is 1. The number of phenols is 1. The minimum atomic E-state index is 0.463. The number of rotatable bonds is 4. The van der Waals surface area contributed by atoms with E-state index in [1.165, 1.54) is 49.7 Å². The van der Waals surface area contributed by atoms with Gasteiger partial charge >= 0.3 is 0 Å². The molecule has 0 amide bonds. The molecule has 20 heavy (non-hydrogen) atoms. The molecule has 3 rings (SSSR count). The van der Waals surface area contributed by atoms with Crippen molar-refractivity contribution >= 4 is 0 Å². The van der Waals surface area contributed by atoms with Crippen molar-refractivity contribution in [3.05, 3.63) is 29.3 Å². The van der Waals surface area contributed by atoms with Gasteiger partial charge in [0.2, 0.25) is 0 Å². The molecule has 0 aromatic heterocycles. The highest BCUT2D eigenvalue weighted by Crippen LogP contribution is 2.38. The number of benzene rings is 1. The third-order valence-electron chi connectivity index (χ3n) is 5.23. The van der Waals surface area contributed by atoms with Crippen molar-refractivity contribution in [3.63, 3.8) is 0 Å². The standard InChI is InChI=1S/C18H27NO/c1-2-4-13-7-9-14(10-8-13)19-17-12-11-16-15(17)5-3-6-18(16)20/h3,5-6,13-14,17,19-20H,2,4,7-12H2,1H3. The first-order chi connectivity index (χ1) is 9.78. The van der Waals surface area contributed by atoms with E-state index in [9.17, 15) is 5.11 Å². The van der Waals surface area contributed by atoms with E-state index in [-0.39, 0.29) is 0 Å². The quantitative estimate of drug-likeness (QED) is 0.856. The fourth-order valence-corrected chi connectivity index (χ4v) is 4.12. The predicted octanol–water partition coefficient (Wildman–Crippen LogP) is 4.33. The van der Waals surface area contributed by atoms with Crippen molar-refractivity contribution in [1.29, 1.82) is 0 Å². The molecule has 2 heteroatoms. The zero-order valence-electron chi connectivity index (χ0n) is 12.6. The summed E-state index contributed by atoms with van der Waals surface area (Å²) in [6.07, 6.45) is 10.3. The lowest BCUT2D eigenvalue weighted by molar-refractivity contribution is 0.262. The van der Waals surface area contributed by atoms with E-state index < -0.39 is 0 Å². The second kappa shape index (κ2) is 6.17. The molecule has 1 aromatic rings. The molecule has 0 bridgehead atoms. The smallest absolute Gasteiger partial charge is 0.119 e. The number of hydrogen-bond donors (Lipinski definition) is 2. The minimum absolute atomic E-state index is 0.463. The monoisotopic (exact) mass is 273 g/mol. The third-order valence-corrected chi connectivity index (χ3v) is 5.23. The van der Waals surface area contributed by atoms with Crippen LogP contribution in [0.15, 0.2) is 18.2 Å². The largest absolute Gasteiger partial charge is 0.508 e. The molecule has 1 fully saturated rings. The molecule has 2 N–H and O–H groups in total. The molecule has 0 radical (unpaired) electrons. The van der Waals surface area contributed by atoms with Crippen LogP contribution in [0, 0.1) is 5.92 Å². The molecule has 0 aliphatic heterocycles. The van der Waals surface area contributed by atoms with E-state index in [0.29, 0.717) is 17.8 Å². The van der Waals surface area contributed by atoms with Crippen molar-refractivity contribution in [1.82, 2.24) is 5.32 Å². The van der Waals surface area contributed by atoms with Crippen molar-refractivity contribution in [2.24, 2.45) is 5.92 Å². The van der Waals surface area contributed by atoms with E-state index in [2.05, 4.69) is 18.3 Å². The van der Waals surface area contributed by atoms with Crippen molar-refractivity contribution in [2.75, 3.05) is 0 Å². The number of phenolic OH excluding ortho intramolecular Hbond substituents is 1. The Labute approximate surface area is 122 Å². The van der Waals surface area contributed by atoms with Gasteiger partial charge in [-0.1, -0.05) is 31.9 Å². The van der Waals surface area contributed by atoms with Crippen molar-refractivity contribution < 1.29 is 5.11 Å². The molecular weight excluding hydrogens is 246 g/mol. The van der Waals surface area contributed by atoms with Crippen LogP contribution in [-0.2, 0) is 6.42 Å². The SMILES string of the molecule is CCCC1CCC(NC2CCc3c(O)cccc32)CC1. The lowest BCUT2D eigenvalue weighted by Gasteiger charge is -2.31. The van der Waals surface area contributed by atoms with Crippen LogP contribution in [0.2, 0.25) is 0 Å². The zero-order chi connectivity index (χ0) is 13.9. The summed E-state index contributed by atoms with van der Waals surface area (Å²) in [7, 11) is 0. The van der Waals surface area contributed by atoms with Gasteiger partial charge in [0.1, 0.15) is 5.75 Å². The summed E-state index contributed by atoms with van der Waals surface area (Å²) in [5, 5.41) is 13.8. The van der Waals surface area contributed by atoms with Crippen molar-refractivity contribution in [3.8, 4) is 5.75 Å². The van der Waals surface area contributed by atoms with Crippen LogP contribution in [0.4, 0.5) is 0 Å². The van der Waals surface area contributed by atoms with Gasteiger partial charge in [0.05, 0.1) is 0 Å². The third kappa shape index (κ3) is 2.85. The first-order valence-corrected chi connectivity index (χ1v) is 8.34. The summed E-state index contributed by atoms with van der Waals surface area (Å²) in [5.74, 6) is 1.46. The number of aromatic hydroxyl groups is 1. The molecule has 2 nitrogen and oxygen atoms in total. The van der Waals surface area contributed by atoms with Crippen LogP contribution in [0.25, 0.3) is 0 Å². The van der Waals surface area contributed by atoms with Gasteiger partial charge in [0.15, 0.2) is 0 Å². The molecule has 0 saturated heterocycles. The Bertz CT molecular complexity index is 449. The highest BCUT2D eigenvalue weighted by molar-refractivity contribution is 5.44. The molecule has 0 heterocycles. The fourth-order valence-electron chi connectivity index (χ4n) is 4.12. The van der Waals surface area contributed by atoms with Gasteiger partial charge < -0.3 is 10.4 Å². The molecule has 1 unspecified atom stereocenters. The predicted molar refractivity (Wildman–Crippen MR) is 83.0 cm³/mol. The zero-order valence-corrected chi connectivity index (χ0v) is 12.6. The highest BCUT2D eigenvalue weighted by Gasteiger charge is 2.28. The van der Waals surface area contributed by atoms with Crippen molar-refractivity contribution in [2.45, 2.75) is 70.4 Å². The minimum Gasteiger partial charge on any atom is -0.508 e. The Morgan fingerprint density at radius 2 is 1.95 bits per heavy atom. The Hall–Kier alpha value is -1.02. The molecule has 0 spiro atoms. The average Bonchev–Trinajstić information content (AvgIpc) is 2.86. The summed E-state index contributed by atoms with van der Waals surface area (Å²) >= 11 is 0. The lowest BCUT2D eigenvalue weighted by Crippen LogP contribution is -2.35. The topological polar surface area (TPSA) is 32.3 Å². The molecule has 2 aliphatic rings. The molecule has 1 saturated carbocycles. The van der Waals surface area contributed by atoms with Gasteiger partial charge in [0, 0.05) is 12.1 Å². The van der Waals surface area contributed by atoms with Crippen LogP contribution >= 0.6 is 0 Å². The first kappa shape index (κ1) is 13.9. The van der Waals surface area contributed by atoms with Gasteiger partial charge in [-0.25, -0.2) is 0 Å². The molecule has 2 aliphatic carbocycles. The van der Waals surface area contributed by atoms with Crippen LogP contribution in [-0.4, -0.2) is 11.1 Å². The molecular formula is C18H27NO. The van der Waals surface area contributed by atoms with E-state index in [4.69, 9.17) is 0 Å². The Balaban J connectivity index is 1.57. The van der Waals surface area contributed by atoms with Crippen LogP contribution in [0.1, 0.15) is 69.0 Å². The second-order valence-electron chi connectivity index (χ2n) is 6.61. The Morgan fingerprint density at radius 3 is 2.70 bits per heavy atom. The van der Waals surface area contributed by atoms with Crippen LogP contribution < -0.4 is 5.32 Å². The summed E-state index contributed by atoms with van der Waals surface area (Å²) in [4.78, 5) is 0. The van der Waals surface area contributed by atoms with Gasteiger partial charge in [-0.15, -0.1) is 0 Å². The van der Waals surface area contributed by atoms with Gasteiger partial charge in [-0.3, -0.25) is 0 Å². The van der Waals surface area contributed by atoms with E-state index in [0.717, 1.165) is 18.8 Å². The van der Waals surface area contributed by atoms with Gasteiger partial charge in [0.25, 0.3) is 0 Å². The van der Waals surface area contributed by atoms with Gasteiger partial charge in [-0.05, 0) is 61.6 Å². The fraction of sp³-hybridized carbons (Fsp3) is 0.667. The maximum Gasteiger partial charge on any atom is 0.119 e. The summed E-state index contributed by atoms with van der Waals surface area (Å²) in [6.45, 7) is 2.30. The highest BCUT2D eigenvalue weighted by atomic mass is 16.3. The average molecular weight is 273 g/mol. The van der Waals surface area contributed by atoms with E-state index in [1.807, 2.05) is 12.1 Å². The number of nitrogens with one attached hydrogen (secondary N) is 1. The van der Waals surface area contributed by atoms with Crippen LogP contribution in [0.3, 0.4) is 0 Å². The van der Waals surface area contributed by atoms with E-state index >= 15 is 0 Å².